The van der Waals surface area contributed by atoms with Crippen molar-refractivity contribution in [2.75, 3.05) is 10.8 Å². The Morgan fingerprint density at radius 3 is 2.57 bits per heavy atom. The van der Waals surface area contributed by atoms with Crippen molar-refractivity contribution in [3.8, 4) is 22.9 Å². The second kappa shape index (κ2) is 10.0. The average Bonchev–Trinajstić information content (AvgIpc) is 2.87. The molecule has 37 heavy (non-hydrogen) atoms. The lowest BCUT2D eigenvalue weighted by atomic mass is 10.0. The van der Waals surface area contributed by atoms with E-state index in [0.717, 1.165) is 40.7 Å². The van der Waals surface area contributed by atoms with Gasteiger partial charge in [0.25, 0.3) is 10.0 Å². The van der Waals surface area contributed by atoms with Crippen LogP contribution in [0.5, 0.6) is 5.75 Å². The fraction of sp³-hybridized carbons (Fsp3) is 0.269. The first-order chi connectivity index (χ1) is 17.4. The third-order valence-corrected chi connectivity index (χ3v) is 7.80. The molecule has 1 aliphatic rings. The van der Waals surface area contributed by atoms with Crippen molar-refractivity contribution >= 4 is 15.7 Å². The first kappa shape index (κ1) is 26.4. The third kappa shape index (κ3) is 5.54. The Balaban J connectivity index is 1.82. The van der Waals surface area contributed by atoms with Crippen LogP contribution in [0.1, 0.15) is 25.3 Å². The summed E-state index contributed by atoms with van der Waals surface area (Å²) < 4.78 is 102. The van der Waals surface area contributed by atoms with Gasteiger partial charge in [-0.1, -0.05) is 12.1 Å². The predicted octanol–water partition coefficient (Wildman–Crippen LogP) is 6.55. The molecule has 0 fully saturated rings. The minimum atomic E-state index is -4.76. The van der Waals surface area contributed by atoms with Crippen molar-refractivity contribution in [3.63, 3.8) is 0 Å². The zero-order valence-electron chi connectivity index (χ0n) is 19.5. The summed E-state index contributed by atoms with van der Waals surface area (Å²) in [5, 5.41) is 9.08. The summed E-state index contributed by atoms with van der Waals surface area (Å²) >= 11 is 0. The van der Waals surface area contributed by atoms with E-state index in [1.165, 1.54) is 18.2 Å². The largest absolute Gasteiger partial charge is 0.486 e. The topological polar surface area (TPSA) is 70.4 Å². The highest BCUT2D eigenvalue weighted by molar-refractivity contribution is 7.92. The van der Waals surface area contributed by atoms with Crippen LogP contribution in [0.4, 0.5) is 27.6 Å². The number of halogens is 5. The smallest absolute Gasteiger partial charge is 0.416 e. The predicted molar refractivity (Wildman–Crippen MR) is 126 cm³/mol. The van der Waals surface area contributed by atoms with E-state index in [4.69, 9.17) is 10.00 Å². The SMILES string of the molecule is CC(C#N)CC[C@H]1CN(S(=O)(=O)c2cccc(C(F)(F)F)c2)c2cc(-c3cc(F)ccc3F)ccc2O1. The Morgan fingerprint density at radius 2 is 1.86 bits per heavy atom. The standard InChI is InChI=1S/C26H21F5N2O3S/c1-16(14-32)5-8-20-15-33(37(34,35)21-4-2-3-18(12-21)26(29,30)31)24-11-17(6-10-25(24)36-20)22-13-19(27)7-9-23(22)28/h2-4,6-7,9-13,16,20H,5,8,15H2,1H3/t16?,20-/m0/s1. The lowest BCUT2D eigenvalue weighted by molar-refractivity contribution is -0.137. The van der Waals surface area contributed by atoms with Crippen LogP contribution in [-0.2, 0) is 16.2 Å². The number of anilines is 1. The van der Waals surface area contributed by atoms with Gasteiger partial charge in [-0.3, -0.25) is 4.31 Å². The Labute approximate surface area is 210 Å². The molecule has 4 rings (SSSR count). The molecule has 194 valence electrons. The van der Waals surface area contributed by atoms with Crippen LogP contribution in [0.15, 0.2) is 65.6 Å². The second-order valence-corrected chi connectivity index (χ2v) is 10.6. The van der Waals surface area contributed by atoms with Gasteiger partial charge in [0, 0.05) is 11.5 Å². The molecule has 2 atom stereocenters. The van der Waals surface area contributed by atoms with Crippen LogP contribution in [-0.4, -0.2) is 21.1 Å². The fourth-order valence-electron chi connectivity index (χ4n) is 4.04. The van der Waals surface area contributed by atoms with Gasteiger partial charge in [0.05, 0.1) is 28.8 Å². The van der Waals surface area contributed by atoms with Crippen molar-refractivity contribution in [3.05, 3.63) is 77.9 Å². The number of benzene rings is 3. The van der Waals surface area contributed by atoms with Crippen molar-refractivity contribution in [1.29, 1.82) is 5.26 Å². The highest BCUT2D eigenvalue weighted by Gasteiger charge is 2.37. The molecular formula is C26H21F5N2O3S. The Kier molecular flexibility index (Phi) is 7.15. The number of ether oxygens (including phenoxy) is 1. The first-order valence-electron chi connectivity index (χ1n) is 11.3. The minimum absolute atomic E-state index is 0.0249. The molecule has 0 radical (unpaired) electrons. The number of hydrogen-bond donors (Lipinski definition) is 0. The number of sulfonamides is 1. The summed E-state index contributed by atoms with van der Waals surface area (Å²) in [6.07, 6.45) is -4.74. The molecule has 0 aliphatic carbocycles. The van der Waals surface area contributed by atoms with Gasteiger partial charge in [0.1, 0.15) is 23.5 Å². The van der Waals surface area contributed by atoms with Crippen LogP contribution in [0.3, 0.4) is 0 Å². The van der Waals surface area contributed by atoms with Crippen LogP contribution in [0.2, 0.25) is 0 Å². The molecule has 1 heterocycles. The van der Waals surface area contributed by atoms with Crippen LogP contribution >= 0.6 is 0 Å². The van der Waals surface area contributed by atoms with E-state index in [2.05, 4.69) is 6.07 Å². The van der Waals surface area contributed by atoms with Crippen molar-refractivity contribution < 1.29 is 35.1 Å². The summed E-state index contributed by atoms with van der Waals surface area (Å²) in [6.45, 7) is 1.45. The minimum Gasteiger partial charge on any atom is -0.486 e. The Hall–Kier alpha value is -3.65. The molecule has 0 bridgehead atoms. The fourth-order valence-corrected chi connectivity index (χ4v) is 5.58. The van der Waals surface area contributed by atoms with E-state index in [9.17, 15) is 30.4 Å². The molecule has 3 aromatic rings. The van der Waals surface area contributed by atoms with E-state index < -0.39 is 44.4 Å². The van der Waals surface area contributed by atoms with Gasteiger partial charge < -0.3 is 4.74 Å². The maximum atomic E-state index is 14.4. The molecule has 0 spiro atoms. The van der Waals surface area contributed by atoms with Gasteiger partial charge in [-0.25, -0.2) is 17.2 Å². The summed E-state index contributed by atoms with van der Waals surface area (Å²) in [7, 11) is -4.53. The molecule has 0 amide bonds. The normalized spacial score (nSPS) is 16.5. The van der Waals surface area contributed by atoms with E-state index in [0.29, 0.717) is 18.9 Å². The molecule has 5 nitrogen and oxygen atoms in total. The highest BCUT2D eigenvalue weighted by atomic mass is 32.2. The van der Waals surface area contributed by atoms with Gasteiger partial charge >= 0.3 is 6.18 Å². The quantitative estimate of drug-likeness (QED) is 0.335. The van der Waals surface area contributed by atoms with E-state index in [1.54, 1.807) is 6.92 Å². The zero-order chi connectivity index (χ0) is 27.0. The number of fused-ring (bicyclic) bond motifs is 1. The average molecular weight is 537 g/mol. The second-order valence-electron chi connectivity index (χ2n) is 8.72. The third-order valence-electron chi connectivity index (χ3n) is 6.02. The van der Waals surface area contributed by atoms with Gasteiger partial charge in [0.15, 0.2) is 0 Å². The maximum absolute atomic E-state index is 14.4. The van der Waals surface area contributed by atoms with Gasteiger partial charge in [0.2, 0.25) is 0 Å². The number of alkyl halides is 3. The van der Waals surface area contributed by atoms with Crippen molar-refractivity contribution in [1.82, 2.24) is 0 Å². The molecule has 1 unspecified atom stereocenters. The first-order valence-corrected chi connectivity index (χ1v) is 12.7. The van der Waals surface area contributed by atoms with Crippen LogP contribution < -0.4 is 9.04 Å². The van der Waals surface area contributed by atoms with Crippen LogP contribution in [0.25, 0.3) is 11.1 Å². The van der Waals surface area contributed by atoms with E-state index >= 15 is 0 Å². The molecule has 1 aliphatic heterocycles. The Morgan fingerprint density at radius 1 is 1.11 bits per heavy atom. The molecule has 11 heteroatoms. The Bertz CT molecular complexity index is 1470. The summed E-state index contributed by atoms with van der Waals surface area (Å²) in [6, 6.07) is 12.4. The monoisotopic (exact) mass is 536 g/mol. The summed E-state index contributed by atoms with van der Waals surface area (Å²) in [4.78, 5) is -0.582. The number of nitrogens with zero attached hydrogens (tertiary/aromatic N) is 2. The molecule has 0 N–H and O–H groups in total. The molecule has 3 aromatic carbocycles. The van der Waals surface area contributed by atoms with Crippen molar-refractivity contribution in [2.24, 2.45) is 5.92 Å². The van der Waals surface area contributed by atoms with E-state index in [1.807, 2.05) is 0 Å². The number of hydrogen-bond acceptors (Lipinski definition) is 4. The summed E-state index contributed by atoms with van der Waals surface area (Å²) in [5.41, 5.74) is -1.12. The van der Waals surface area contributed by atoms with Gasteiger partial charge in [-0.15, -0.1) is 0 Å². The van der Waals surface area contributed by atoms with Gasteiger partial charge in [-0.2, -0.15) is 18.4 Å². The molecule has 0 saturated heterocycles. The van der Waals surface area contributed by atoms with Gasteiger partial charge in [-0.05, 0) is 73.9 Å². The zero-order valence-corrected chi connectivity index (χ0v) is 20.3. The van der Waals surface area contributed by atoms with Crippen LogP contribution in [0, 0.1) is 28.9 Å². The maximum Gasteiger partial charge on any atom is 0.416 e. The summed E-state index contributed by atoms with van der Waals surface area (Å²) in [5.74, 6) is -1.66. The molecule has 0 saturated carbocycles. The highest BCUT2D eigenvalue weighted by Crippen LogP contribution is 2.41. The lowest BCUT2D eigenvalue weighted by Gasteiger charge is -2.36. The van der Waals surface area contributed by atoms with Crippen molar-refractivity contribution in [2.45, 2.75) is 36.9 Å². The molecule has 0 aromatic heterocycles. The number of nitriles is 1. The molecular weight excluding hydrogens is 515 g/mol. The number of rotatable bonds is 6. The van der Waals surface area contributed by atoms with E-state index in [-0.39, 0.29) is 35.0 Å². The lowest BCUT2D eigenvalue weighted by Crippen LogP contribution is -2.43.